The predicted octanol–water partition coefficient (Wildman–Crippen LogP) is 1.53. The molecular weight excluding hydrogens is 228 g/mol. The van der Waals surface area contributed by atoms with Gasteiger partial charge >= 0.3 is 0 Å². The predicted molar refractivity (Wildman–Crippen MR) is 72.4 cm³/mol. The Balaban J connectivity index is 2.46. The van der Waals surface area contributed by atoms with Gasteiger partial charge < -0.3 is 16.4 Å². The van der Waals surface area contributed by atoms with Gasteiger partial charge in [0.05, 0.1) is 17.4 Å². The van der Waals surface area contributed by atoms with Gasteiger partial charge in [0, 0.05) is 12.1 Å². The lowest BCUT2D eigenvalue weighted by atomic mass is 10.1. The summed E-state index contributed by atoms with van der Waals surface area (Å²) in [5, 5.41) is 0. The average molecular weight is 248 g/mol. The average Bonchev–Trinajstić information content (AvgIpc) is 2.70. The molecular formula is C13H20N4O. The van der Waals surface area contributed by atoms with Crippen LogP contribution in [0.2, 0.25) is 0 Å². The molecule has 18 heavy (non-hydrogen) atoms. The Morgan fingerprint density at radius 1 is 1.56 bits per heavy atom. The van der Waals surface area contributed by atoms with Gasteiger partial charge in [-0.2, -0.15) is 0 Å². The van der Waals surface area contributed by atoms with E-state index in [4.69, 9.17) is 11.5 Å². The molecule has 0 aliphatic carbocycles. The number of nitrogens with two attached hydrogens (primary N) is 2. The van der Waals surface area contributed by atoms with E-state index in [0.717, 1.165) is 19.3 Å². The smallest absolute Gasteiger partial charge is 0.252 e. The summed E-state index contributed by atoms with van der Waals surface area (Å²) >= 11 is 0. The quantitative estimate of drug-likeness (QED) is 0.849. The molecule has 1 aliphatic rings. The molecule has 0 aromatic carbocycles. The second-order valence-electron chi connectivity index (χ2n) is 4.90. The van der Waals surface area contributed by atoms with E-state index in [1.54, 1.807) is 12.3 Å². The molecule has 2 heterocycles. The molecule has 1 aromatic heterocycles. The van der Waals surface area contributed by atoms with Gasteiger partial charge in [0.25, 0.3) is 5.91 Å². The number of aromatic nitrogens is 1. The molecule has 1 amide bonds. The van der Waals surface area contributed by atoms with E-state index in [1.807, 2.05) is 0 Å². The molecule has 1 saturated heterocycles. The highest BCUT2D eigenvalue weighted by molar-refractivity contribution is 5.98. The summed E-state index contributed by atoms with van der Waals surface area (Å²) < 4.78 is 0. The van der Waals surface area contributed by atoms with Crippen molar-refractivity contribution in [3.63, 3.8) is 0 Å². The third-order valence-electron chi connectivity index (χ3n) is 3.66. The fourth-order valence-corrected chi connectivity index (χ4v) is 2.71. The van der Waals surface area contributed by atoms with Crippen LogP contribution in [0.25, 0.3) is 0 Å². The first-order valence-electron chi connectivity index (χ1n) is 6.38. The zero-order chi connectivity index (χ0) is 13.3. The molecule has 2 rings (SSSR count). The van der Waals surface area contributed by atoms with Crippen molar-refractivity contribution in [2.24, 2.45) is 5.73 Å². The lowest BCUT2D eigenvalue weighted by Gasteiger charge is -2.30. The van der Waals surface area contributed by atoms with Crippen molar-refractivity contribution in [2.75, 3.05) is 10.6 Å². The van der Waals surface area contributed by atoms with Gasteiger partial charge in [-0.05, 0) is 32.3 Å². The number of carbonyl (C=O) groups is 1. The third-order valence-corrected chi connectivity index (χ3v) is 3.66. The van der Waals surface area contributed by atoms with Crippen molar-refractivity contribution in [1.82, 2.24) is 4.98 Å². The van der Waals surface area contributed by atoms with Crippen molar-refractivity contribution < 1.29 is 4.79 Å². The summed E-state index contributed by atoms with van der Waals surface area (Å²) in [7, 11) is 0. The van der Waals surface area contributed by atoms with Crippen molar-refractivity contribution in [2.45, 2.75) is 45.2 Å². The first kappa shape index (κ1) is 12.7. The molecule has 0 bridgehead atoms. The molecule has 2 atom stereocenters. The highest BCUT2D eigenvalue weighted by Crippen LogP contribution is 2.33. The Morgan fingerprint density at radius 3 is 2.89 bits per heavy atom. The number of rotatable bonds is 3. The first-order valence-corrected chi connectivity index (χ1v) is 6.38. The van der Waals surface area contributed by atoms with E-state index in [0.29, 0.717) is 29.2 Å². The molecule has 2 unspecified atom stereocenters. The summed E-state index contributed by atoms with van der Waals surface area (Å²) in [5.74, 6) is 0.201. The van der Waals surface area contributed by atoms with E-state index in [2.05, 4.69) is 23.7 Å². The fraction of sp³-hybridized carbons (Fsp3) is 0.538. The Hall–Kier alpha value is -1.78. The second kappa shape index (κ2) is 4.84. The minimum Gasteiger partial charge on any atom is -0.397 e. The number of nitrogens with zero attached hydrogens (tertiary/aromatic N) is 2. The summed E-state index contributed by atoms with van der Waals surface area (Å²) in [5.41, 5.74) is 12.0. The van der Waals surface area contributed by atoms with Crippen LogP contribution < -0.4 is 16.4 Å². The summed E-state index contributed by atoms with van der Waals surface area (Å²) in [6, 6.07) is 2.42. The number of anilines is 2. The van der Waals surface area contributed by atoms with Crippen molar-refractivity contribution in [3.8, 4) is 0 Å². The number of nitrogen functional groups attached to an aromatic ring is 1. The monoisotopic (exact) mass is 248 g/mol. The van der Waals surface area contributed by atoms with Crippen LogP contribution in [0.3, 0.4) is 0 Å². The Bertz CT molecular complexity index is 460. The third kappa shape index (κ3) is 2.12. The number of primary amides is 1. The second-order valence-corrected chi connectivity index (χ2v) is 4.90. The normalized spacial score (nSPS) is 23.3. The molecule has 1 aromatic rings. The summed E-state index contributed by atoms with van der Waals surface area (Å²) in [6.45, 7) is 4.30. The molecule has 0 radical (unpaired) electrons. The maximum Gasteiger partial charge on any atom is 0.252 e. The van der Waals surface area contributed by atoms with Gasteiger partial charge in [0.2, 0.25) is 0 Å². The van der Waals surface area contributed by atoms with Crippen LogP contribution in [-0.2, 0) is 0 Å². The minimum atomic E-state index is -0.473. The maximum absolute atomic E-state index is 11.5. The highest BCUT2D eigenvalue weighted by atomic mass is 16.1. The van der Waals surface area contributed by atoms with Gasteiger partial charge in [-0.1, -0.05) is 6.92 Å². The number of amides is 1. The van der Waals surface area contributed by atoms with Gasteiger partial charge in [-0.25, -0.2) is 4.98 Å². The zero-order valence-electron chi connectivity index (χ0n) is 10.9. The van der Waals surface area contributed by atoms with Crippen molar-refractivity contribution in [3.05, 3.63) is 17.8 Å². The van der Waals surface area contributed by atoms with Crippen LogP contribution in [0.4, 0.5) is 11.5 Å². The van der Waals surface area contributed by atoms with E-state index < -0.39 is 5.91 Å². The van der Waals surface area contributed by atoms with E-state index >= 15 is 0 Å². The topological polar surface area (TPSA) is 85.2 Å². The van der Waals surface area contributed by atoms with E-state index in [1.165, 1.54) is 0 Å². The first-order chi connectivity index (χ1) is 8.54. The van der Waals surface area contributed by atoms with Crippen LogP contribution in [0.15, 0.2) is 12.3 Å². The van der Waals surface area contributed by atoms with Gasteiger partial charge in [-0.3, -0.25) is 4.79 Å². The maximum atomic E-state index is 11.5. The Kier molecular flexibility index (Phi) is 3.41. The molecule has 0 saturated carbocycles. The van der Waals surface area contributed by atoms with Crippen LogP contribution in [0.1, 0.15) is 43.5 Å². The van der Waals surface area contributed by atoms with Gasteiger partial charge in [0.1, 0.15) is 5.82 Å². The largest absolute Gasteiger partial charge is 0.397 e. The number of hydrogen-bond donors (Lipinski definition) is 2. The van der Waals surface area contributed by atoms with E-state index in [-0.39, 0.29) is 0 Å². The molecule has 1 fully saturated rings. The van der Waals surface area contributed by atoms with Crippen LogP contribution >= 0.6 is 0 Å². The standard InChI is InChI=1S/C13H20N4O/c1-3-10-5-4-8(2)17(10)13-11(12(15)18)6-9(14)7-16-13/h6-8,10H,3-5,14H2,1-2H3,(H2,15,18). The highest BCUT2D eigenvalue weighted by Gasteiger charge is 2.32. The number of carbonyl (C=O) groups excluding carboxylic acids is 1. The number of pyridine rings is 1. The minimum absolute atomic E-state index is 0.379. The lowest BCUT2D eigenvalue weighted by molar-refractivity contribution is 0.100. The summed E-state index contributed by atoms with van der Waals surface area (Å²) in [4.78, 5) is 18.1. The van der Waals surface area contributed by atoms with E-state index in [9.17, 15) is 4.79 Å². The van der Waals surface area contributed by atoms with Crippen LogP contribution in [-0.4, -0.2) is 23.0 Å². The van der Waals surface area contributed by atoms with Crippen molar-refractivity contribution >= 4 is 17.4 Å². The molecule has 0 spiro atoms. The summed E-state index contributed by atoms with van der Waals surface area (Å²) in [6.07, 6.45) is 4.86. The van der Waals surface area contributed by atoms with Crippen LogP contribution in [0.5, 0.6) is 0 Å². The molecule has 98 valence electrons. The molecule has 4 N–H and O–H groups in total. The SMILES string of the molecule is CCC1CCC(C)N1c1ncc(N)cc1C(N)=O. The van der Waals surface area contributed by atoms with Gasteiger partial charge in [0.15, 0.2) is 0 Å². The van der Waals surface area contributed by atoms with Crippen molar-refractivity contribution in [1.29, 1.82) is 0 Å². The Morgan fingerprint density at radius 2 is 2.28 bits per heavy atom. The van der Waals surface area contributed by atoms with Crippen LogP contribution in [0, 0.1) is 0 Å². The van der Waals surface area contributed by atoms with Gasteiger partial charge in [-0.15, -0.1) is 0 Å². The molecule has 5 heteroatoms. The number of hydrogen-bond acceptors (Lipinski definition) is 4. The Labute approximate surface area is 107 Å². The molecule has 5 nitrogen and oxygen atoms in total. The lowest BCUT2D eigenvalue weighted by Crippen LogP contribution is -2.36. The zero-order valence-corrected chi connectivity index (χ0v) is 10.9. The fourth-order valence-electron chi connectivity index (χ4n) is 2.71. The molecule has 1 aliphatic heterocycles.